The fourth-order valence-corrected chi connectivity index (χ4v) is 3.60. The van der Waals surface area contributed by atoms with Crippen LogP contribution in [0.2, 0.25) is 0 Å². The normalized spacial score (nSPS) is 30.0. The molecule has 124 valence electrons. The zero-order valence-electron chi connectivity index (χ0n) is 13.2. The lowest BCUT2D eigenvalue weighted by Crippen LogP contribution is -2.55. The quantitative estimate of drug-likeness (QED) is 0.812. The minimum Gasteiger partial charge on any atom is -0.454 e. The van der Waals surface area contributed by atoms with Gasteiger partial charge in [-0.1, -0.05) is 12.1 Å². The molecule has 6 heteroatoms. The molecule has 24 heavy (non-hydrogen) atoms. The average Bonchev–Trinajstić information content (AvgIpc) is 3.01. The number of hydrogen-bond donors (Lipinski definition) is 1. The van der Waals surface area contributed by atoms with Crippen molar-refractivity contribution in [2.24, 2.45) is 0 Å². The Kier molecular flexibility index (Phi) is 2.72. The fraction of sp³-hybridized carbons (Fsp3) is 0.333. The number of fused-ring (bicyclic) bond motifs is 5. The van der Waals surface area contributed by atoms with Crippen molar-refractivity contribution in [2.75, 3.05) is 19.3 Å². The van der Waals surface area contributed by atoms with Gasteiger partial charge in [0.25, 0.3) is 0 Å². The Morgan fingerprint density at radius 2 is 1.71 bits per heavy atom. The van der Waals surface area contributed by atoms with Crippen LogP contribution in [0.15, 0.2) is 36.4 Å². The third-order valence-corrected chi connectivity index (χ3v) is 4.74. The van der Waals surface area contributed by atoms with E-state index in [1.165, 1.54) is 0 Å². The molecule has 2 unspecified atom stereocenters. The second kappa shape index (κ2) is 4.63. The standard InChI is InChI=1S/C18H17NO5/c1-17-8-11-6-15-16(21-9-20-15)7-14(11)18(24-17,23-10-22-17)12-2-4-13(19)5-3-12/h2-7H,8-10,19H2,1H3. The van der Waals surface area contributed by atoms with Crippen LogP contribution in [0, 0.1) is 0 Å². The summed E-state index contributed by atoms with van der Waals surface area (Å²) in [5, 5.41) is 0. The number of rotatable bonds is 1. The first kappa shape index (κ1) is 14.1. The second-order valence-corrected chi connectivity index (χ2v) is 6.42. The first-order valence-electron chi connectivity index (χ1n) is 7.85. The summed E-state index contributed by atoms with van der Waals surface area (Å²) in [6.45, 7) is 2.30. The van der Waals surface area contributed by atoms with Crippen LogP contribution in [0.25, 0.3) is 0 Å². The van der Waals surface area contributed by atoms with Crippen LogP contribution in [-0.2, 0) is 26.4 Å². The van der Waals surface area contributed by atoms with Crippen LogP contribution in [0.4, 0.5) is 5.69 Å². The van der Waals surface area contributed by atoms with Gasteiger partial charge in [-0.25, -0.2) is 0 Å². The number of hydrogen-bond acceptors (Lipinski definition) is 6. The van der Waals surface area contributed by atoms with E-state index < -0.39 is 11.6 Å². The Morgan fingerprint density at radius 3 is 2.50 bits per heavy atom. The second-order valence-electron chi connectivity index (χ2n) is 6.42. The van der Waals surface area contributed by atoms with Gasteiger partial charge in [0.1, 0.15) is 0 Å². The largest absolute Gasteiger partial charge is 0.454 e. The Balaban J connectivity index is 1.75. The van der Waals surface area contributed by atoms with E-state index in [-0.39, 0.29) is 13.6 Å². The van der Waals surface area contributed by atoms with E-state index in [0.29, 0.717) is 17.9 Å². The molecule has 2 bridgehead atoms. The first-order valence-corrected chi connectivity index (χ1v) is 7.85. The lowest BCUT2D eigenvalue weighted by atomic mass is 9.85. The molecule has 0 saturated carbocycles. The maximum atomic E-state index is 6.33. The Morgan fingerprint density at radius 1 is 0.958 bits per heavy atom. The Hall–Kier alpha value is -2.28. The molecule has 0 aliphatic carbocycles. The highest BCUT2D eigenvalue weighted by atomic mass is 16.9. The first-order chi connectivity index (χ1) is 11.6. The number of benzene rings is 2. The van der Waals surface area contributed by atoms with Crippen molar-refractivity contribution in [1.29, 1.82) is 0 Å². The molecule has 0 aromatic heterocycles. The van der Waals surface area contributed by atoms with Gasteiger partial charge in [0.15, 0.2) is 24.1 Å². The molecule has 5 rings (SSSR count). The van der Waals surface area contributed by atoms with E-state index >= 15 is 0 Å². The van der Waals surface area contributed by atoms with E-state index in [9.17, 15) is 0 Å². The van der Waals surface area contributed by atoms with Gasteiger partial charge >= 0.3 is 0 Å². The lowest BCUT2D eigenvalue weighted by molar-refractivity contribution is -0.436. The van der Waals surface area contributed by atoms with Crippen molar-refractivity contribution in [3.05, 3.63) is 53.1 Å². The van der Waals surface area contributed by atoms with Gasteiger partial charge in [-0.05, 0) is 36.8 Å². The van der Waals surface area contributed by atoms with E-state index in [2.05, 4.69) is 0 Å². The SMILES string of the molecule is CC12Cc3cc4c(cc3C(c3ccc(N)cc3)(OCO1)O2)OCO4. The van der Waals surface area contributed by atoms with Crippen LogP contribution in [0.1, 0.15) is 23.6 Å². The van der Waals surface area contributed by atoms with Crippen LogP contribution in [0.5, 0.6) is 11.5 Å². The fourth-order valence-electron chi connectivity index (χ4n) is 3.60. The monoisotopic (exact) mass is 327 g/mol. The van der Waals surface area contributed by atoms with Gasteiger partial charge in [0.2, 0.25) is 12.6 Å². The molecule has 0 amide bonds. The molecule has 6 nitrogen and oxygen atoms in total. The van der Waals surface area contributed by atoms with Crippen LogP contribution >= 0.6 is 0 Å². The summed E-state index contributed by atoms with van der Waals surface area (Å²) in [4.78, 5) is 0. The van der Waals surface area contributed by atoms with E-state index in [1.54, 1.807) is 0 Å². The van der Waals surface area contributed by atoms with Crippen molar-refractivity contribution < 1.29 is 23.7 Å². The molecule has 3 aliphatic rings. The van der Waals surface area contributed by atoms with Crippen molar-refractivity contribution in [2.45, 2.75) is 24.9 Å². The minimum absolute atomic E-state index is 0.148. The molecule has 1 saturated heterocycles. The molecule has 3 heterocycles. The third-order valence-electron chi connectivity index (χ3n) is 4.74. The van der Waals surface area contributed by atoms with Gasteiger partial charge in [0.05, 0.1) is 0 Å². The smallest absolute Gasteiger partial charge is 0.231 e. The summed E-state index contributed by atoms with van der Waals surface area (Å²) < 4.78 is 29.2. The summed E-state index contributed by atoms with van der Waals surface area (Å²) in [6, 6.07) is 11.4. The van der Waals surface area contributed by atoms with Crippen LogP contribution < -0.4 is 15.2 Å². The van der Waals surface area contributed by atoms with Crippen molar-refractivity contribution in [3.8, 4) is 11.5 Å². The predicted octanol–water partition coefficient (Wildman–Crippen LogP) is 2.49. The molecular weight excluding hydrogens is 310 g/mol. The summed E-state index contributed by atoms with van der Waals surface area (Å²) in [5.74, 6) is -0.370. The highest BCUT2D eigenvalue weighted by molar-refractivity contribution is 5.54. The molecule has 2 atom stereocenters. The Bertz CT molecular complexity index is 821. The molecule has 2 aromatic carbocycles. The molecular formula is C18H17NO5. The average molecular weight is 327 g/mol. The zero-order valence-corrected chi connectivity index (χ0v) is 13.2. The molecule has 3 aliphatic heterocycles. The molecule has 0 spiro atoms. The summed E-state index contributed by atoms with van der Waals surface area (Å²) in [5.41, 5.74) is 9.36. The predicted molar refractivity (Wildman–Crippen MR) is 84.4 cm³/mol. The van der Waals surface area contributed by atoms with Gasteiger partial charge in [-0.3, -0.25) is 0 Å². The number of nitrogens with two attached hydrogens (primary N) is 1. The zero-order chi connectivity index (χ0) is 16.4. The molecule has 2 N–H and O–H groups in total. The molecule has 1 fully saturated rings. The van der Waals surface area contributed by atoms with Gasteiger partial charge < -0.3 is 29.4 Å². The van der Waals surface area contributed by atoms with Crippen molar-refractivity contribution in [3.63, 3.8) is 0 Å². The summed E-state index contributed by atoms with van der Waals surface area (Å²) in [7, 11) is 0. The maximum absolute atomic E-state index is 6.33. The summed E-state index contributed by atoms with van der Waals surface area (Å²) in [6.07, 6.45) is 0.610. The lowest BCUT2D eigenvalue weighted by Gasteiger charge is -2.50. The highest BCUT2D eigenvalue weighted by Crippen LogP contribution is 2.51. The topological polar surface area (TPSA) is 72.2 Å². The van der Waals surface area contributed by atoms with Crippen molar-refractivity contribution in [1.82, 2.24) is 0 Å². The van der Waals surface area contributed by atoms with Gasteiger partial charge in [-0.2, -0.15) is 0 Å². The van der Waals surface area contributed by atoms with Crippen LogP contribution in [-0.4, -0.2) is 19.4 Å². The van der Waals surface area contributed by atoms with Crippen LogP contribution in [0.3, 0.4) is 0 Å². The van der Waals surface area contributed by atoms with Gasteiger partial charge in [0, 0.05) is 23.2 Å². The van der Waals surface area contributed by atoms with Crippen molar-refractivity contribution >= 4 is 5.69 Å². The third kappa shape index (κ3) is 1.87. The maximum Gasteiger partial charge on any atom is 0.231 e. The minimum atomic E-state index is -1.05. The number of anilines is 1. The number of ether oxygens (including phenoxy) is 5. The highest BCUT2D eigenvalue weighted by Gasteiger charge is 2.53. The van der Waals surface area contributed by atoms with Gasteiger partial charge in [-0.15, -0.1) is 0 Å². The van der Waals surface area contributed by atoms with E-state index in [0.717, 1.165) is 22.4 Å². The van der Waals surface area contributed by atoms with E-state index in [4.69, 9.17) is 29.4 Å². The summed E-state index contributed by atoms with van der Waals surface area (Å²) >= 11 is 0. The van der Waals surface area contributed by atoms with E-state index in [1.807, 2.05) is 43.3 Å². The number of nitrogen functional groups attached to an aromatic ring is 1. The molecule has 2 aromatic rings. The Labute approximate surface area is 139 Å². The molecule has 0 radical (unpaired) electrons.